The van der Waals surface area contributed by atoms with Gasteiger partial charge in [0.15, 0.2) is 5.60 Å². The number of aliphatic hydroxyl groups is 1. The molecule has 0 aromatic carbocycles. The van der Waals surface area contributed by atoms with Crippen LogP contribution in [0.1, 0.15) is 6.42 Å². The third kappa shape index (κ3) is 1.02. The maximum absolute atomic E-state index is 10.6. The molecule has 0 spiro atoms. The second-order valence-corrected chi connectivity index (χ2v) is 2.32. The molecule has 1 aliphatic rings. The molecule has 1 atom stereocenters. The molecular weight excluding hydrogens is 144 g/mol. The fraction of sp³-hybridized carbons (Fsp3) is 0.800. The largest absolute Gasteiger partial charge is 0.463 e. The number of rotatable bonds is 1. The molecule has 0 aliphatic carbocycles. The third-order valence-corrected chi connectivity index (χ3v) is 1.79. The van der Waals surface area contributed by atoms with Crippen molar-refractivity contribution in [1.29, 1.82) is 0 Å². The first kappa shape index (κ1) is 6.83. The highest BCUT2D eigenvalue weighted by atomic mass is 35.5. The molecule has 0 radical (unpaired) electrons. The Labute approximate surface area is 57.6 Å². The van der Waals surface area contributed by atoms with Crippen LogP contribution >= 0.6 is 11.6 Å². The van der Waals surface area contributed by atoms with E-state index in [0.29, 0.717) is 6.42 Å². The first-order valence-corrected chi connectivity index (χ1v) is 3.18. The van der Waals surface area contributed by atoms with E-state index in [-0.39, 0.29) is 12.5 Å². The summed E-state index contributed by atoms with van der Waals surface area (Å²) in [5.74, 6) is -0.677. The van der Waals surface area contributed by atoms with Gasteiger partial charge in [-0.3, -0.25) is 0 Å². The van der Waals surface area contributed by atoms with E-state index in [0.717, 1.165) is 0 Å². The smallest absolute Gasteiger partial charge is 0.339 e. The quantitative estimate of drug-likeness (QED) is 0.420. The average Bonchev–Trinajstić information content (AvgIpc) is 2.15. The van der Waals surface area contributed by atoms with Gasteiger partial charge in [-0.15, -0.1) is 11.6 Å². The standard InChI is InChI=1S/C5H7ClO3/c6-3-5(8)1-2-9-4(5)7/h8H,1-3H2. The third-order valence-electron chi connectivity index (χ3n) is 1.35. The van der Waals surface area contributed by atoms with Crippen molar-refractivity contribution >= 4 is 17.6 Å². The number of carbonyl (C=O) groups excluding carboxylic acids is 1. The zero-order chi connectivity index (χ0) is 6.91. The Bertz CT molecular complexity index is 136. The van der Waals surface area contributed by atoms with Crippen molar-refractivity contribution in [3.63, 3.8) is 0 Å². The van der Waals surface area contributed by atoms with E-state index in [2.05, 4.69) is 4.74 Å². The minimum atomic E-state index is -1.40. The summed E-state index contributed by atoms with van der Waals surface area (Å²) in [6, 6.07) is 0. The number of ether oxygens (including phenoxy) is 1. The summed E-state index contributed by atoms with van der Waals surface area (Å²) in [5, 5.41) is 9.16. The van der Waals surface area contributed by atoms with E-state index in [1.54, 1.807) is 0 Å². The normalized spacial score (nSPS) is 34.7. The fourth-order valence-electron chi connectivity index (χ4n) is 0.670. The molecule has 0 aromatic rings. The maximum Gasteiger partial charge on any atom is 0.339 e. The first-order chi connectivity index (χ1) is 4.19. The van der Waals surface area contributed by atoms with Crippen LogP contribution in [0, 0.1) is 0 Å². The van der Waals surface area contributed by atoms with E-state index in [9.17, 15) is 4.79 Å². The van der Waals surface area contributed by atoms with Crippen LogP contribution in [0.15, 0.2) is 0 Å². The number of cyclic esters (lactones) is 1. The highest BCUT2D eigenvalue weighted by molar-refractivity contribution is 6.20. The molecule has 1 fully saturated rings. The lowest BCUT2D eigenvalue weighted by Gasteiger charge is -2.11. The van der Waals surface area contributed by atoms with E-state index in [1.165, 1.54) is 0 Å². The molecular formula is C5H7ClO3. The summed E-state index contributed by atoms with van der Waals surface area (Å²) in [6.07, 6.45) is 0.315. The summed E-state index contributed by atoms with van der Waals surface area (Å²) in [4.78, 5) is 10.6. The van der Waals surface area contributed by atoms with Crippen molar-refractivity contribution in [1.82, 2.24) is 0 Å². The van der Waals surface area contributed by atoms with Crippen LogP contribution in [0.5, 0.6) is 0 Å². The number of halogens is 1. The Morgan fingerprint density at radius 2 is 2.56 bits per heavy atom. The van der Waals surface area contributed by atoms with Crippen molar-refractivity contribution in [3.8, 4) is 0 Å². The van der Waals surface area contributed by atoms with Crippen molar-refractivity contribution in [2.24, 2.45) is 0 Å². The SMILES string of the molecule is O=C1OCCC1(O)CCl. The predicted molar refractivity (Wildman–Crippen MR) is 31.2 cm³/mol. The summed E-state index contributed by atoms with van der Waals surface area (Å²) >= 11 is 5.29. The summed E-state index contributed by atoms with van der Waals surface area (Å²) < 4.78 is 4.49. The molecule has 52 valence electrons. The van der Waals surface area contributed by atoms with E-state index in [4.69, 9.17) is 16.7 Å². The Kier molecular flexibility index (Phi) is 1.64. The maximum atomic E-state index is 10.6. The molecule has 1 rings (SSSR count). The highest BCUT2D eigenvalue weighted by Gasteiger charge is 2.41. The number of hydrogen-bond donors (Lipinski definition) is 1. The van der Waals surface area contributed by atoms with Gasteiger partial charge in [-0.1, -0.05) is 0 Å². The molecule has 1 unspecified atom stereocenters. The van der Waals surface area contributed by atoms with Crippen LogP contribution in [0.4, 0.5) is 0 Å². The molecule has 1 heterocycles. The lowest BCUT2D eigenvalue weighted by Crippen LogP contribution is -2.35. The van der Waals surface area contributed by atoms with Gasteiger partial charge in [-0.2, -0.15) is 0 Å². The Morgan fingerprint density at radius 1 is 1.89 bits per heavy atom. The highest BCUT2D eigenvalue weighted by Crippen LogP contribution is 2.20. The molecule has 1 aliphatic heterocycles. The Balaban J connectivity index is 2.67. The number of alkyl halides is 1. The van der Waals surface area contributed by atoms with Crippen molar-refractivity contribution in [3.05, 3.63) is 0 Å². The predicted octanol–water partition coefficient (Wildman–Crippen LogP) is -0.0968. The van der Waals surface area contributed by atoms with Crippen LogP contribution < -0.4 is 0 Å². The molecule has 0 amide bonds. The van der Waals surface area contributed by atoms with E-state index in [1.807, 2.05) is 0 Å². The van der Waals surface area contributed by atoms with E-state index >= 15 is 0 Å². The minimum Gasteiger partial charge on any atom is -0.463 e. The van der Waals surface area contributed by atoms with Gasteiger partial charge in [0, 0.05) is 6.42 Å². The molecule has 1 saturated heterocycles. The molecule has 0 bridgehead atoms. The lowest BCUT2D eigenvalue weighted by molar-refractivity contribution is -0.151. The van der Waals surface area contributed by atoms with Gasteiger partial charge in [0.2, 0.25) is 0 Å². The lowest BCUT2D eigenvalue weighted by atomic mass is 10.1. The fourth-order valence-corrected chi connectivity index (χ4v) is 0.913. The molecule has 0 saturated carbocycles. The summed E-state index contributed by atoms with van der Waals surface area (Å²) in [7, 11) is 0. The first-order valence-electron chi connectivity index (χ1n) is 2.64. The second kappa shape index (κ2) is 2.15. The van der Waals surface area contributed by atoms with Gasteiger partial charge in [0.05, 0.1) is 12.5 Å². The van der Waals surface area contributed by atoms with Gasteiger partial charge in [0.25, 0.3) is 0 Å². The Hall–Kier alpha value is -0.280. The monoisotopic (exact) mass is 150 g/mol. The van der Waals surface area contributed by atoms with Crippen LogP contribution in [0.3, 0.4) is 0 Å². The van der Waals surface area contributed by atoms with Crippen molar-refractivity contribution in [2.45, 2.75) is 12.0 Å². The molecule has 4 heteroatoms. The summed E-state index contributed by atoms with van der Waals surface area (Å²) in [5.41, 5.74) is -1.40. The van der Waals surface area contributed by atoms with Crippen LogP contribution in [0.25, 0.3) is 0 Å². The van der Waals surface area contributed by atoms with Crippen LogP contribution in [-0.4, -0.2) is 29.2 Å². The van der Waals surface area contributed by atoms with Gasteiger partial charge in [-0.25, -0.2) is 4.79 Å². The number of carbonyl (C=O) groups is 1. The molecule has 1 N–H and O–H groups in total. The van der Waals surface area contributed by atoms with Gasteiger partial charge < -0.3 is 9.84 Å². The van der Waals surface area contributed by atoms with Gasteiger partial charge in [0.1, 0.15) is 0 Å². The topological polar surface area (TPSA) is 46.5 Å². The second-order valence-electron chi connectivity index (χ2n) is 2.05. The average molecular weight is 151 g/mol. The molecule has 9 heavy (non-hydrogen) atoms. The van der Waals surface area contributed by atoms with Crippen molar-refractivity contribution < 1.29 is 14.6 Å². The minimum absolute atomic E-state index is 0.0775. The Morgan fingerprint density at radius 3 is 2.78 bits per heavy atom. The van der Waals surface area contributed by atoms with Crippen LogP contribution in [0.2, 0.25) is 0 Å². The number of hydrogen-bond acceptors (Lipinski definition) is 3. The molecule has 3 nitrogen and oxygen atoms in total. The van der Waals surface area contributed by atoms with Crippen molar-refractivity contribution in [2.75, 3.05) is 12.5 Å². The molecule has 0 aromatic heterocycles. The zero-order valence-electron chi connectivity index (χ0n) is 4.76. The van der Waals surface area contributed by atoms with Crippen LogP contribution in [-0.2, 0) is 9.53 Å². The van der Waals surface area contributed by atoms with Gasteiger partial charge in [-0.05, 0) is 0 Å². The zero-order valence-corrected chi connectivity index (χ0v) is 5.52. The van der Waals surface area contributed by atoms with Gasteiger partial charge >= 0.3 is 5.97 Å². The number of esters is 1. The summed E-state index contributed by atoms with van der Waals surface area (Å²) in [6.45, 7) is 0.280. The van der Waals surface area contributed by atoms with E-state index < -0.39 is 11.6 Å².